The summed E-state index contributed by atoms with van der Waals surface area (Å²) in [4.78, 5) is 0. The molecule has 2 radical (unpaired) electrons. The van der Waals surface area contributed by atoms with Crippen LogP contribution in [0.15, 0.2) is 0 Å². The van der Waals surface area contributed by atoms with Crippen molar-refractivity contribution in [1.29, 1.82) is 0 Å². The van der Waals surface area contributed by atoms with Gasteiger partial charge < -0.3 is 0 Å². The van der Waals surface area contributed by atoms with Crippen LogP contribution in [-0.2, 0) is 0 Å². The summed E-state index contributed by atoms with van der Waals surface area (Å²) < 4.78 is 0. The molecule has 0 aliphatic carbocycles. The third-order valence-electron chi connectivity index (χ3n) is 1.71. The molecule has 0 saturated carbocycles. The fourth-order valence-corrected chi connectivity index (χ4v) is 0.981. The van der Waals surface area contributed by atoms with E-state index in [1.807, 2.05) is 0 Å². The lowest BCUT2D eigenvalue weighted by molar-refractivity contribution is 0.872. The third-order valence-corrected chi connectivity index (χ3v) is 1.71. The normalized spacial score (nSPS) is 9.56. The summed E-state index contributed by atoms with van der Waals surface area (Å²) in [6, 6.07) is 0. The Bertz CT molecular complexity index is 54.9. The first kappa shape index (κ1) is 9.13. The van der Waals surface area contributed by atoms with Gasteiger partial charge in [-0.25, -0.2) is 0 Å². The van der Waals surface area contributed by atoms with Crippen molar-refractivity contribution in [1.82, 2.24) is 0 Å². The van der Waals surface area contributed by atoms with E-state index in [1.54, 1.807) is 0 Å². The first-order chi connectivity index (χ1) is 4.31. The topological polar surface area (TPSA) is 0 Å². The molecule has 0 spiro atoms. The molecular formula is C7H16B2. The Labute approximate surface area is 60.9 Å². The molecule has 9 heavy (non-hydrogen) atoms. The molecule has 0 aliphatic heterocycles. The zero-order chi connectivity index (χ0) is 7.11. The standard InChI is InChI=1S/C7H16B2/c1-3-4-6-9(2)7-5-8/h3-7H2,1-2H3. The molecule has 50 valence electrons. The molecule has 2 heteroatoms. The Balaban J connectivity index is 2.95. The molecule has 0 aromatic carbocycles. The Hall–Kier alpha value is 0.130. The van der Waals surface area contributed by atoms with Crippen LogP contribution >= 0.6 is 0 Å². The van der Waals surface area contributed by atoms with E-state index in [1.165, 1.54) is 25.5 Å². The first-order valence-electron chi connectivity index (χ1n) is 4.01. The zero-order valence-corrected chi connectivity index (χ0v) is 6.69. The van der Waals surface area contributed by atoms with Crippen LogP contribution in [0, 0.1) is 0 Å². The highest BCUT2D eigenvalue weighted by Gasteiger charge is 2.02. The van der Waals surface area contributed by atoms with Gasteiger partial charge in [-0.1, -0.05) is 45.5 Å². The molecule has 0 bridgehead atoms. The third kappa shape index (κ3) is 6.01. The Morgan fingerprint density at radius 3 is 2.44 bits per heavy atom. The number of unbranched alkanes of at least 4 members (excludes halogenated alkanes) is 1. The second-order valence-corrected chi connectivity index (χ2v) is 2.82. The van der Waals surface area contributed by atoms with Gasteiger partial charge in [0.1, 0.15) is 6.71 Å². The van der Waals surface area contributed by atoms with Crippen molar-refractivity contribution in [3.8, 4) is 0 Å². The predicted octanol–water partition coefficient (Wildman–Crippen LogP) is 2.50. The average molecular weight is 122 g/mol. The summed E-state index contributed by atoms with van der Waals surface area (Å²) in [6.07, 6.45) is 6.08. The largest absolute Gasteiger partial charge is 0.135 e. The minimum Gasteiger partial charge on any atom is -0.0950 e. The Morgan fingerprint density at radius 1 is 1.33 bits per heavy atom. The molecule has 0 nitrogen and oxygen atoms in total. The smallest absolute Gasteiger partial charge is 0.0950 e. The molecule has 0 aromatic heterocycles. The van der Waals surface area contributed by atoms with Crippen LogP contribution in [0.3, 0.4) is 0 Å². The Morgan fingerprint density at radius 2 is 2.00 bits per heavy atom. The van der Waals surface area contributed by atoms with Crippen LogP contribution in [0.5, 0.6) is 0 Å². The van der Waals surface area contributed by atoms with Crippen LogP contribution < -0.4 is 0 Å². The van der Waals surface area contributed by atoms with Crippen LogP contribution in [0.1, 0.15) is 19.8 Å². The van der Waals surface area contributed by atoms with Crippen molar-refractivity contribution in [2.45, 2.75) is 45.5 Å². The second-order valence-electron chi connectivity index (χ2n) is 2.82. The number of hydrogen-bond acceptors (Lipinski definition) is 0. The monoisotopic (exact) mass is 122 g/mol. The number of rotatable bonds is 5. The van der Waals surface area contributed by atoms with Gasteiger partial charge in [-0.2, -0.15) is 0 Å². The highest BCUT2D eigenvalue weighted by molar-refractivity contribution is 6.57. The summed E-state index contributed by atoms with van der Waals surface area (Å²) in [5.41, 5.74) is 0. The van der Waals surface area contributed by atoms with Gasteiger partial charge in [0.25, 0.3) is 0 Å². The predicted molar refractivity (Wildman–Crippen MR) is 46.7 cm³/mol. The van der Waals surface area contributed by atoms with Crippen molar-refractivity contribution in [2.75, 3.05) is 0 Å². The van der Waals surface area contributed by atoms with E-state index >= 15 is 0 Å². The van der Waals surface area contributed by atoms with E-state index in [9.17, 15) is 0 Å². The summed E-state index contributed by atoms with van der Waals surface area (Å²) in [5, 5.41) is 0. The quantitative estimate of drug-likeness (QED) is 0.491. The van der Waals surface area contributed by atoms with Gasteiger partial charge in [0.05, 0.1) is 7.85 Å². The maximum absolute atomic E-state index is 5.40. The van der Waals surface area contributed by atoms with Crippen molar-refractivity contribution < 1.29 is 0 Å². The lowest BCUT2D eigenvalue weighted by Crippen LogP contribution is -2.04. The lowest BCUT2D eigenvalue weighted by atomic mass is 9.45. The molecule has 0 atom stereocenters. The SMILES string of the molecule is [B]CCB(C)CCCC. The van der Waals surface area contributed by atoms with Crippen molar-refractivity contribution in [3.05, 3.63) is 0 Å². The van der Waals surface area contributed by atoms with E-state index in [0.29, 0.717) is 0 Å². The van der Waals surface area contributed by atoms with E-state index in [0.717, 1.165) is 13.0 Å². The van der Waals surface area contributed by atoms with Crippen LogP contribution in [0.4, 0.5) is 0 Å². The summed E-state index contributed by atoms with van der Waals surface area (Å²) in [7, 11) is 5.40. The van der Waals surface area contributed by atoms with Gasteiger partial charge in [0.15, 0.2) is 0 Å². The van der Waals surface area contributed by atoms with Gasteiger partial charge in [-0.15, -0.1) is 0 Å². The van der Waals surface area contributed by atoms with Gasteiger partial charge in [0.2, 0.25) is 0 Å². The van der Waals surface area contributed by atoms with Crippen molar-refractivity contribution >= 4 is 14.6 Å². The summed E-state index contributed by atoms with van der Waals surface area (Å²) in [5.74, 6) is 0. The molecule has 0 fully saturated rings. The minimum absolute atomic E-state index is 0.843. The average Bonchev–Trinajstić information content (AvgIpc) is 1.85. The van der Waals surface area contributed by atoms with E-state index in [4.69, 9.17) is 7.85 Å². The van der Waals surface area contributed by atoms with Gasteiger partial charge >= 0.3 is 0 Å². The highest BCUT2D eigenvalue weighted by Crippen LogP contribution is 2.06. The van der Waals surface area contributed by atoms with Crippen LogP contribution in [0.2, 0.25) is 25.8 Å². The van der Waals surface area contributed by atoms with Crippen LogP contribution in [0.25, 0.3) is 0 Å². The number of hydrogen-bond donors (Lipinski definition) is 0. The summed E-state index contributed by atoms with van der Waals surface area (Å²) >= 11 is 0. The molecule has 0 aliphatic rings. The lowest BCUT2D eigenvalue weighted by Gasteiger charge is -2.03. The molecule has 0 saturated heterocycles. The molecule has 0 amide bonds. The van der Waals surface area contributed by atoms with Gasteiger partial charge in [-0.05, 0) is 0 Å². The minimum atomic E-state index is 0.843. The maximum atomic E-state index is 5.40. The summed E-state index contributed by atoms with van der Waals surface area (Å²) in [6.45, 7) is 5.35. The molecule has 0 unspecified atom stereocenters. The molecule has 0 heterocycles. The van der Waals surface area contributed by atoms with Gasteiger partial charge in [0, 0.05) is 0 Å². The zero-order valence-electron chi connectivity index (χ0n) is 6.69. The van der Waals surface area contributed by atoms with E-state index in [2.05, 4.69) is 13.7 Å². The molecule has 0 rings (SSSR count). The van der Waals surface area contributed by atoms with Crippen molar-refractivity contribution in [3.63, 3.8) is 0 Å². The Kier molecular flexibility index (Phi) is 6.34. The maximum Gasteiger partial charge on any atom is 0.135 e. The van der Waals surface area contributed by atoms with E-state index in [-0.39, 0.29) is 0 Å². The highest BCUT2D eigenvalue weighted by atomic mass is 13.8. The van der Waals surface area contributed by atoms with E-state index < -0.39 is 0 Å². The second kappa shape index (κ2) is 6.25. The van der Waals surface area contributed by atoms with Crippen LogP contribution in [-0.4, -0.2) is 14.6 Å². The first-order valence-corrected chi connectivity index (χ1v) is 4.01. The fourth-order valence-electron chi connectivity index (χ4n) is 0.981. The van der Waals surface area contributed by atoms with Crippen molar-refractivity contribution in [2.24, 2.45) is 0 Å². The molecule has 0 N–H and O–H groups in total. The molecule has 0 aromatic rings. The fraction of sp³-hybridized carbons (Fsp3) is 1.00. The van der Waals surface area contributed by atoms with Gasteiger partial charge in [-0.3, -0.25) is 0 Å². The molecular weight excluding hydrogens is 106 g/mol.